The van der Waals surface area contributed by atoms with Crippen molar-refractivity contribution in [1.82, 2.24) is 15.8 Å². The predicted molar refractivity (Wildman–Crippen MR) is 78.3 cm³/mol. The number of hydrazine groups is 1. The first-order valence-electron chi connectivity index (χ1n) is 6.77. The fraction of sp³-hybridized carbons (Fsp3) is 0.786. The molecule has 0 aliphatic rings. The van der Waals surface area contributed by atoms with Crippen molar-refractivity contribution in [1.29, 1.82) is 0 Å². The first-order chi connectivity index (χ1) is 9.41. The zero-order chi connectivity index (χ0) is 16.8. The molecule has 2 atom stereocenters. The first-order valence-corrected chi connectivity index (χ1v) is 6.77. The minimum absolute atomic E-state index is 0.00737. The Morgan fingerprint density at radius 2 is 1.81 bits per heavy atom. The number of Topliss-reactive ketones (excluding diaryl/α,β-unsaturated/α-hetero) is 1. The van der Waals surface area contributed by atoms with E-state index in [9.17, 15) is 18.8 Å². The SMILES string of the molecule is CC(=O)C(NC(=O)CNN(C)C)C(C)(C)CC(C)(F)C=O. The average Bonchev–Trinajstić information content (AvgIpc) is 2.31. The summed E-state index contributed by atoms with van der Waals surface area (Å²) in [6.07, 6.45) is 0.0660. The maximum atomic E-state index is 13.9. The number of hydrogen-bond donors (Lipinski definition) is 2. The third kappa shape index (κ3) is 7.29. The van der Waals surface area contributed by atoms with Crippen molar-refractivity contribution in [2.45, 2.75) is 45.8 Å². The van der Waals surface area contributed by atoms with Crippen LogP contribution in [0.4, 0.5) is 4.39 Å². The van der Waals surface area contributed by atoms with Crippen LogP contribution in [0.25, 0.3) is 0 Å². The summed E-state index contributed by atoms with van der Waals surface area (Å²) in [7, 11) is 3.47. The average molecular weight is 303 g/mol. The number of alkyl halides is 1. The Balaban J connectivity index is 4.92. The molecule has 2 N–H and O–H groups in total. The van der Waals surface area contributed by atoms with Gasteiger partial charge in [0.25, 0.3) is 0 Å². The molecule has 1 amide bonds. The molecule has 0 radical (unpaired) electrons. The van der Waals surface area contributed by atoms with Gasteiger partial charge in [-0.1, -0.05) is 13.8 Å². The van der Waals surface area contributed by atoms with Crippen molar-refractivity contribution in [3.63, 3.8) is 0 Å². The Hall–Kier alpha value is -1.34. The Labute approximate surface area is 125 Å². The highest BCUT2D eigenvalue weighted by molar-refractivity contribution is 5.88. The largest absolute Gasteiger partial charge is 0.345 e. The topological polar surface area (TPSA) is 78.5 Å². The third-order valence-electron chi connectivity index (χ3n) is 3.10. The number of carbonyl (C=O) groups excluding carboxylic acids is 3. The van der Waals surface area contributed by atoms with Crippen LogP contribution in [0.2, 0.25) is 0 Å². The third-order valence-corrected chi connectivity index (χ3v) is 3.10. The number of carbonyl (C=O) groups is 3. The van der Waals surface area contributed by atoms with Gasteiger partial charge in [-0.3, -0.25) is 19.4 Å². The zero-order valence-corrected chi connectivity index (χ0v) is 13.6. The van der Waals surface area contributed by atoms with Gasteiger partial charge < -0.3 is 5.32 Å². The molecule has 0 spiro atoms. The number of hydrogen-bond acceptors (Lipinski definition) is 5. The van der Waals surface area contributed by atoms with Crippen LogP contribution in [0.15, 0.2) is 0 Å². The second kappa shape index (κ2) is 7.61. The Morgan fingerprint density at radius 1 is 1.29 bits per heavy atom. The maximum Gasteiger partial charge on any atom is 0.235 e. The summed E-state index contributed by atoms with van der Waals surface area (Å²) in [6, 6.07) is -0.857. The standard InChI is InChI=1S/C14H26FN3O3/c1-10(20)12(17-11(21)7-16-18(5)6)13(2,3)8-14(4,15)9-19/h9,12,16H,7-8H2,1-6H3,(H,17,21). The highest BCUT2D eigenvalue weighted by Crippen LogP contribution is 2.33. The van der Waals surface area contributed by atoms with E-state index in [1.807, 2.05) is 0 Å². The van der Waals surface area contributed by atoms with Gasteiger partial charge in [0.05, 0.1) is 12.6 Å². The molecule has 0 aromatic rings. The van der Waals surface area contributed by atoms with Crippen LogP contribution in [-0.4, -0.2) is 55.3 Å². The number of nitrogens with one attached hydrogen (secondary N) is 2. The Morgan fingerprint density at radius 3 is 2.19 bits per heavy atom. The van der Waals surface area contributed by atoms with Gasteiger partial charge in [-0.25, -0.2) is 9.82 Å². The van der Waals surface area contributed by atoms with Crippen molar-refractivity contribution in [2.24, 2.45) is 5.41 Å². The molecule has 0 aromatic carbocycles. The molecule has 0 fully saturated rings. The maximum absolute atomic E-state index is 13.9. The van der Waals surface area contributed by atoms with Gasteiger partial charge in [0, 0.05) is 14.1 Å². The van der Waals surface area contributed by atoms with Gasteiger partial charge in [0.15, 0.2) is 17.7 Å². The minimum Gasteiger partial charge on any atom is -0.345 e. The number of nitrogens with zero attached hydrogens (tertiary/aromatic N) is 1. The van der Waals surface area contributed by atoms with E-state index < -0.39 is 17.1 Å². The van der Waals surface area contributed by atoms with Crippen LogP contribution >= 0.6 is 0 Å². The fourth-order valence-electron chi connectivity index (χ4n) is 2.32. The lowest BCUT2D eigenvalue weighted by Gasteiger charge is -2.36. The van der Waals surface area contributed by atoms with Crippen molar-refractivity contribution in [3.8, 4) is 0 Å². The van der Waals surface area contributed by atoms with E-state index in [1.165, 1.54) is 6.92 Å². The summed E-state index contributed by atoms with van der Waals surface area (Å²) in [5, 5.41) is 4.21. The molecular weight excluding hydrogens is 277 g/mol. The smallest absolute Gasteiger partial charge is 0.235 e. The number of aldehydes is 1. The van der Waals surface area contributed by atoms with Gasteiger partial charge in [0.2, 0.25) is 5.91 Å². The second-order valence-electron chi connectivity index (χ2n) is 6.40. The van der Waals surface area contributed by atoms with E-state index in [0.717, 1.165) is 6.92 Å². The quantitative estimate of drug-likeness (QED) is 0.478. The van der Waals surface area contributed by atoms with Gasteiger partial charge in [-0.2, -0.15) is 0 Å². The van der Waals surface area contributed by atoms with Crippen LogP contribution in [-0.2, 0) is 14.4 Å². The molecule has 0 aliphatic heterocycles. The predicted octanol–water partition coefficient (Wildman–Crippen LogP) is 0.470. The van der Waals surface area contributed by atoms with E-state index in [4.69, 9.17) is 0 Å². The molecule has 0 aliphatic carbocycles. The fourth-order valence-corrected chi connectivity index (χ4v) is 2.32. The van der Waals surface area contributed by atoms with Crippen molar-refractivity contribution in [2.75, 3.05) is 20.6 Å². The van der Waals surface area contributed by atoms with Crippen molar-refractivity contribution >= 4 is 18.0 Å². The monoisotopic (exact) mass is 303 g/mol. The van der Waals surface area contributed by atoms with Crippen LogP contribution in [0, 0.1) is 5.41 Å². The number of ketones is 1. The van der Waals surface area contributed by atoms with Crippen LogP contribution < -0.4 is 10.7 Å². The van der Waals surface area contributed by atoms with E-state index in [-0.39, 0.29) is 30.9 Å². The molecule has 0 aromatic heterocycles. The Bertz CT molecular complexity index is 395. The van der Waals surface area contributed by atoms with Gasteiger partial charge in [0.1, 0.15) is 0 Å². The highest BCUT2D eigenvalue weighted by Gasteiger charge is 2.40. The lowest BCUT2D eigenvalue weighted by molar-refractivity contribution is -0.131. The molecule has 0 rings (SSSR count). The minimum atomic E-state index is -2.04. The van der Waals surface area contributed by atoms with E-state index in [1.54, 1.807) is 33.0 Å². The lowest BCUT2D eigenvalue weighted by Crippen LogP contribution is -2.54. The first kappa shape index (κ1) is 19.7. The van der Waals surface area contributed by atoms with Gasteiger partial charge >= 0.3 is 0 Å². The molecule has 0 heterocycles. The summed E-state index contributed by atoms with van der Waals surface area (Å²) in [4.78, 5) is 34.3. The van der Waals surface area contributed by atoms with Crippen LogP contribution in [0.1, 0.15) is 34.1 Å². The number of amides is 1. The van der Waals surface area contributed by atoms with Crippen molar-refractivity contribution < 1.29 is 18.8 Å². The Kier molecular flexibility index (Phi) is 7.12. The van der Waals surface area contributed by atoms with Gasteiger partial charge in [-0.05, 0) is 25.7 Å². The zero-order valence-electron chi connectivity index (χ0n) is 13.6. The molecule has 7 heteroatoms. The summed E-state index contributed by atoms with van der Waals surface area (Å²) in [5.74, 6) is -0.649. The van der Waals surface area contributed by atoms with Crippen LogP contribution in [0.3, 0.4) is 0 Å². The van der Waals surface area contributed by atoms with Gasteiger partial charge in [-0.15, -0.1) is 0 Å². The van der Waals surface area contributed by atoms with Crippen LogP contribution in [0.5, 0.6) is 0 Å². The van der Waals surface area contributed by atoms with Crippen molar-refractivity contribution in [3.05, 3.63) is 0 Å². The highest BCUT2D eigenvalue weighted by atomic mass is 19.1. The number of rotatable bonds is 9. The summed E-state index contributed by atoms with van der Waals surface area (Å²) < 4.78 is 13.9. The summed E-state index contributed by atoms with van der Waals surface area (Å²) >= 11 is 0. The molecule has 122 valence electrons. The van der Waals surface area contributed by atoms with E-state index in [2.05, 4.69) is 10.7 Å². The molecule has 0 bridgehead atoms. The summed E-state index contributed by atoms with van der Waals surface area (Å²) in [6.45, 7) is 5.81. The molecule has 21 heavy (non-hydrogen) atoms. The lowest BCUT2D eigenvalue weighted by atomic mass is 9.75. The molecule has 2 unspecified atom stereocenters. The van der Waals surface area contributed by atoms with E-state index >= 15 is 0 Å². The number of halogens is 1. The molecular formula is C14H26FN3O3. The normalized spacial score (nSPS) is 16.2. The molecule has 0 saturated heterocycles. The molecule has 6 nitrogen and oxygen atoms in total. The van der Waals surface area contributed by atoms with E-state index in [0.29, 0.717) is 0 Å². The molecule has 0 saturated carbocycles. The summed E-state index contributed by atoms with van der Waals surface area (Å²) in [5.41, 5.74) is -0.143. The second-order valence-corrected chi connectivity index (χ2v) is 6.40.